The lowest BCUT2D eigenvalue weighted by molar-refractivity contribution is 0.0746. The standard InChI is InChI=1S/C21H17Cl3N4O/c22-15-3-1-14(2-4-15)21(29)28-11-9-27(10-12-28)20-8-7-19(25-26-20)17-6-5-16(23)13-18(17)24/h1-8,13H,9-12H2. The predicted octanol–water partition coefficient (Wildman–Crippen LogP) is 5.07. The summed E-state index contributed by atoms with van der Waals surface area (Å²) < 4.78 is 0. The largest absolute Gasteiger partial charge is 0.352 e. The average molecular weight is 448 g/mol. The number of hydrogen-bond donors (Lipinski definition) is 0. The Labute approximate surface area is 183 Å². The van der Waals surface area contributed by atoms with Crippen LogP contribution in [0.4, 0.5) is 5.82 Å². The highest BCUT2D eigenvalue weighted by molar-refractivity contribution is 6.36. The minimum absolute atomic E-state index is 0.0140. The highest BCUT2D eigenvalue weighted by atomic mass is 35.5. The summed E-state index contributed by atoms with van der Waals surface area (Å²) in [7, 11) is 0. The van der Waals surface area contributed by atoms with Gasteiger partial charge in [-0.25, -0.2) is 0 Å². The van der Waals surface area contributed by atoms with Gasteiger partial charge >= 0.3 is 0 Å². The number of rotatable bonds is 3. The molecule has 1 saturated heterocycles. The van der Waals surface area contributed by atoms with Crippen LogP contribution in [0.1, 0.15) is 10.4 Å². The van der Waals surface area contributed by atoms with Crippen molar-refractivity contribution in [1.29, 1.82) is 0 Å². The molecular weight excluding hydrogens is 431 g/mol. The third-order valence-corrected chi connectivity index (χ3v) is 5.64. The summed E-state index contributed by atoms with van der Waals surface area (Å²) >= 11 is 18.1. The van der Waals surface area contributed by atoms with Gasteiger partial charge in [0, 0.05) is 47.4 Å². The van der Waals surface area contributed by atoms with Gasteiger partial charge in [-0.2, -0.15) is 0 Å². The van der Waals surface area contributed by atoms with Gasteiger partial charge in [-0.1, -0.05) is 34.8 Å². The SMILES string of the molecule is O=C(c1ccc(Cl)cc1)N1CCN(c2ccc(-c3ccc(Cl)cc3Cl)nn2)CC1. The van der Waals surface area contributed by atoms with Crippen LogP contribution in [0, 0.1) is 0 Å². The van der Waals surface area contributed by atoms with E-state index in [0.717, 1.165) is 11.4 Å². The summed E-state index contributed by atoms with van der Waals surface area (Å²) in [6, 6.07) is 16.1. The molecule has 1 aromatic heterocycles. The van der Waals surface area contributed by atoms with E-state index < -0.39 is 0 Å². The Morgan fingerprint density at radius 1 is 0.793 bits per heavy atom. The maximum absolute atomic E-state index is 12.6. The molecule has 0 spiro atoms. The average Bonchev–Trinajstić information content (AvgIpc) is 2.74. The van der Waals surface area contributed by atoms with Crippen molar-refractivity contribution < 1.29 is 4.79 Å². The Balaban J connectivity index is 1.41. The smallest absolute Gasteiger partial charge is 0.253 e. The number of hydrogen-bond acceptors (Lipinski definition) is 4. The Morgan fingerprint density at radius 2 is 1.48 bits per heavy atom. The number of carbonyl (C=O) groups excluding carboxylic acids is 1. The van der Waals surface area contributed by atoms with Gasteiger partial charge in [0.1, 0.15) is 0 Å². The number of nitrogens with zero attached hydrogens (tertiary/aromatic N) is 4. The topological polar surface area (TPSA) is 49.3 Å². The molecule has 2 heterocycles. The molecule has 0 saturated carbocycles. The summed E-state index contributed by atoms with van der Waals surface area (Å²) in [6.07, 6.45) is 0. The number of aromatic nitrogens is 2. The fourth-order valence-corrected chi connectivity index (χ4v) is 3.88. The van der Waals surface area contributed by atoms with Gasteiger partial charge in [0.05, 0.1) is 10.7 Å². The normalized spacial score (nSPS) is 14.2. The summed E-state index contributed by atoms with van der Waals surface area (Å²) in [5.41, 5.74) is 2.12. The summed E-state index contributed by atoms with van der Waals surface area (Å²) in [6.45, 7) is 2.62. The van der Waals surface area contributed by atoms with Gasteiger partial charge in [0.2, 0.25) is 0 Å². The molecule has 0 N–H and O–H groups in total. The van der Waals surface area contributed by atoms with Crippen LogP contribution in [0.3, 0.4) is 0 Å². The molecule has 0 atom stereocenters. The first-order chi connectivity index (χ1) is 14.0. The molecule has 1 amide bonds. The van der Waals surface area contributed by atoms with Crippen molar-refractivity contribution in [3.8, 4) is 11.3 Å². The van der Waals surface area contributed by atoms with Crippen molar-refractivity contribution in [1.82, 2.24) is 15.1 Å². The van der Waals surface area contributed by atoms with E-state index in [1.807, 2.05) is 23.1 Å². The van der Waals surface area contributed by atoms with Crippen LogP contribution in [0.25, 0.3) is 11.3 Å². The van der Waals surface area contributed by atoms with E-state index in [2.05, 4.69) is 15.1 Å². The molecule has 5 nitrogen and oxygen atoms in total. The van der Waals surface area contributed by atoms with E-state index in [0.29, 0.717) is 52.5 Å². The highest BCUT2D eigenvalue weighted by Gasteiger charge is 2.23. The Hall–Kier alpha value is -2.34. The Morgan fingerprint density at radius 3 is 2.10 bits per heavy atom. The molecule has 0 unspecified atom stereocenters. The quantitative estimate of drug-likeness (QED) is 0.563. The van der Waals surface area contributed by atoms with Crippen molar-refractivity contribution >= 4 is 46.5 Å². The lowest BCUT2D eigenvalue weighted by Crippen LogP contribution is -2.49. The molecular formula is C21H17Cl3N4O. The Kier molecular flexibility index (Phi) is 5.90. The number of halogens is 3. The second kappa shape index (κ2) is 8.57. The fraction of sp³-hybridized carbons (Fsp3) is 0.190. The Bertz CT molecular complexity index is 1020. The number of carbonyl (C=O) groups is 1. The van der Waals surface area contributed by atoms with Crippen LogP contribution < -0.4 is 4.90 Å². The highest BCUT2D eigenvalue weighted by Crippen LogP contribution is 2.29. The van der Waals surface area contributed by atoms with Gasteiger partial charge in [-0.3, -0.25) is 4.79 Å². The molecule has 3 aromatic rings. The third kappa shape index (κ3) is 4.47. The van der Waals surface area contributed by atoms with Crippen molar-refractivity contribution in [2.24, 2.45) is 0 Å². The van der Waals surface area contributed by atoms with Crippen LogP contribution in [-0.4, -0.2) is 47.2 Å². The molecule has 0 bridgehead atoms. The molecule has 1 aliphatic rings. The van der Waals surface area contributed by atoms with Crippen LogP contribution in [0.15, 0.2) is 54.6 Å². The minimum Gasteiger partial charge on any atom is -0.352 e. The van der Waals surface area contributed by atoms with E-state index in [9.17, 15) is 4.79 Å². The number of amides is 1. The first kappa shape index (κ1) is 20.0. The molecule has 29 heavy (non-hydrogen) atoms. The van der Waals surface area contributed by atoms with Gasteiger partial charge in [0.15, 0.2) is 5.82 Å². The second-order valence-corrected chi connectivity index (χ2v) is 7.97. The molecule has 8 heteroatoms. The van der Waals surface area contributed by atoms with Gasteiger partial charge < -0.3 is 9.80 Å². The van der Waals surface area contributed by atoms with Crippen LogP contribution in [0.5, 0.6) is 0 Å². The minimum atomic E-state index is 0.0140. The summed E-state index contributed by atoms with van der Waals surface area (Å²) in [5.74, 6) is 0.789. The maximum atomic E-state index is 12.6. The van der Waals surface area contributed by atoms with Gasteiger partial charge in [-0.05, 0) is 54.6 Å². The van der Waals surface area contributed by atoms with Crippen LogP contribution >= 0.6 is 34.8 Å². The molecule has 1 aliphatic heterocycles. The summed E-state index contributed by atoms with van der Waals surface area (Å²) in [4.78, 5) is 16.6. The molecule has 4 rings (SSSR count). The summed E-state index contributed by atoms with van der Waals surface area (Å²) in [5, 5.41) is 10.4. The molecule has 148 valence electrons. The molecule has 0 aliphatic carbocycles. The van der Waals surface area contributed by atoms with Crippen molar-refractivity contribution in [3.63, 3.8) is 0 Å². The van der Waals surface area contributed by atoms with Crippen LogP contribution in [-0.2, 0) is 0 Å². The second-order valence-electron chi connectivity index (χ2n) is 6.69. The monoisotopic (exact) mass is 446 g/mol. The van der Waals surface area contributed by atoms with Crippen molar-refractivity contribution in [2.45, 2.75) is 0 Å². The first-order valence-corrected chi connectivity index (χ1v) is 10.2. The molecule has 1 fully saturated rings. The lowest BCUT2D eigenvalue weighted by atomic mass is 10.1. The fourth-order valence-electron chi connectivity index (χ4n) is 3.25. The number of piperazine rings is 1. The van der Waals surface area contributed by atoms with Crippen molar-refractivity contribution in [3.05, 3.63) is 75.2 Å². The van der Waals surface area contributed by atoms with Gasteiger partial charge in [0.25, 0.3) is 5.91 Å². The van der Waals surface area contributed by atoms with Crippen LogP contribution in [0.2, 0.25) is 15.1 Å². The van der Waals surface area contributed by atoms with E-state index in [4.69, 9.17) is 34.8 Å². The lowest BCUT2D eigenvalue weighted by Gasteiger charge is -2.35. The van der Waals surface area contributed by atoms with Gasteiger partial charge in [-0.15, -0.1) is 10.2 Å². The van der Waals surface area contributed by atoms with E-state index in [1.54, 1.807) is 36.4 Å². The van der Waals surface area contributed by atoms with Crippen molar-refractivity contribution in [2.75, 3.05) is 31.1 Å². The van der Waals surface area contributed by atoms with E-state index >= 15 is 0 Å². The maximum Gasteiger partial charge on any atom is 0.253 e. The molecule has 2 aromatic carbocycles. The predicted molar refractivity (Wildman–Crippen MR) is 117 cm³/mol. The van der Waals surface area contributed by atoms with E-state index in [-0.39, 0.29) is 5.91 Å². The zero-order valence-electron chi connectivity index (χ0n) is 15.4. The zero-order chi connectivity index (χ0) is 20.4. The van der Waals surface area contributed by atoms with E-state index in [1.165, 1.54) is 0 Å². The zero-order valence-corrected chi connectivity index (χ0v) is 17.6. The molecule has 0 radical (unpaired) electrons. The number of benzene rings is 2. The third-order valence-electron chi connectivity index (χ3n) is 4.84. The number of anilines is 1. The first-order valence-electron chi connectivity index (χ1n) is 9.10.